The van der Waals surface area contributed by atoms with E-state index in [1.54, 1.807) is 24.3 Å². The zero-order chi connectivity index (χ0) is 18.6. The summed E-state index contributed by atoms with van der Waals surface area (Å²) in [4.78, 5) is 22.4. The molecular weight excluding hydrogens is 368 g/mol. The predicted molar refractivity (Wildman–Crippen MR) is 95.4 cm³/mol. The van der Waals surface area contributed by atoms with Crippen molar-refractivity contribution >= 4 is 38.7 Å². The molecule has 0 fully saturated rings. The Morgan fingerprint density at radius 3 is 2.44 bits per heavy atom. The van der Waals surface area contributed by atoms with E-state index in [9.17, 15) is 23.3 Å². The third-order valence-corrected chi connectivity index (χ3v) is 5.15. The second-order valence-electron chi connectivity index (χ2n) is 5.41. The lowest BCUT2D eigenvalue weighted by Gasteiger charge is -2.09. The van der Waals surface area contributed by atoms with Gasteiger partial charge in [-0.3, -0.25) is 14.9 Å². The van der Waals surface area contributed by atoms with Crippen LogP contribution in [-0.4, -0.2) is 25.0 Å². The lowest BCUT2D eigenvalue weighted by molar-refractivity contribution is -0.385. The molecule has 0 heterocycles. The molecule has 0 aliphatic carbocycles. The normalized spacial score (nSPS) is 11.1. The lowest BCUT2D eigenvalue weighted by atomic mass is 10.1. The largest absolute Gasteiger partial charge is 0.325 e. The van der Waals surface area contributed by atoms with Gasteiger partial charge in [0.15, 0.2) is 9.84 Å². The van der Waals surface area contributed by atoms with E-state index in [-0.39, 0.29) is 22.7 Å². The van der Waals surface area contributed by atoms with Gasteiger partial charge in [0.1, 0.15) is 5.75 Å². The summed E-state index contributed by atoms with van der Waals surface area (Å²) in [6.07, 6.45) is 0. The number of hydrogen-bond acceptors (Lipinski definition) is 5. The summed E-state index contributed by atoms with van der Waals surface area (Å²) in [5, 5.41) is 13.8. The highest BCUT2D eigenvalue weighted by molar-refractivity contribution is 7.91. The Balaban J connectivity index is 2.08. The summed E-state index contributed by atoms with van der Waals surface area (Å²) in [5.41, 5.74) is 0.836. The Bertz CT molecular complexity index is 911. The number of amides is 1. The molecule has 132 valence electrons. The van der Waals surface area contributed by atoms with Crippen LogP contribution in [0.25, 0.3) is 0 Å². The number of halogens is 1. The first-order valence-corrected chi connectivity index (χ1v) is 9.36. The van der Waals surface area contributed by atoms with Crippen LogP contribution < -0.4 is 5.32 Å². The Kier molecular flexibility index (Phi) is 5.76. The van der Waals surface area contributed by atoms with Gasteiger partial charge < -0.3 is 5.32 Å². The van der Waals surface area contributed by atoms with Crippen LogP contribution in [0.4, 0.5) is 11.4 Å². The van der Waals surface area contributed by atoms with Crippen LogP contribution >= 0.6 is 11.6 Å². The molecule has 2 aromatic carbocycles. The van der Waals surface area contributed by atoms with Gasteiger partial charge >= 0.3 is 0 Å². The summed E-state index contributed by atoms with van der Waals surface area (Å²) in [5.74, 6) is -1.78. The van der Waals surface area contributed by atoms with E-state index in [1.807, 2.05) is 0 Å². The Hall–Kier alpha value is -2.45. The fourth-order valence-electron chi connectivity index (χ4n) is 2.23. The van der Waals surface area contributed by atoms with Crippen molar-refractivity contribution in [2.45, 2.75) is 12.7 Å². The van der Waals surface area contributed by atoms with E-state index in [2.05, 4.69) is 5.32 Å². The third-order valence-electron chi connectivity index (χ3n) is 3.43. The molecule has 0 atom stereocenters. The standard InChI is InChI=1S/C16H15ClN2O5S/c1-11-14(3-2-4-15(11)19(21)22)18-16(20)10-25(23,24)9-12-5-7-13(17)8-6-12/h2-8H,9-10H2,1H3,(H,18,20). The van der Waals surface area contributed by atoms with E-state index in [0.717, 1.165) is 0 Å². The van der Waals surface area contributed by atoms with Crippen LogP contribution in [0.3, 0.4) is 0 Å². The highest BCUT2D eigenvalue weighted by Gasteiger charge is 2.20. The Labute approximate surface area is 149 Å². The van der Waals surface area contributed by atoms with E-state index >= 15 is 0 Å². The van der Waals surface area contributed by atoms with Crippen molar-refractivity contribution in [3.63, 3.8) is 0 Å². The minimum atomic E-state index is -3.70. The zero-order valence-corrected chi connectivity index (χ0v) is 14.8. The van der Waals surface area contributed by atoms with Crippen molar-refractivity contribution in [1.29, 1.82) is 0 Å². The summed E-state index contributed by atoms with van der Waals surface area (Å²) in [7, 11) is -3.70. The number of hydrogen-bond donors (Lipinski definition) is 1. The molecule has 0 unspecified atom stereocenters. The van der Waals surface area contributed by atoms with Crippen LogP contribution in [0.15, 0.2) is 42.5 Å². The van der Waals surface area contributed by atoms with Crippen molar-refractivity contribution in [2.75, 3.05) is 11.1 Å². The van der Waals surface area contributed by atoms with Crippen LogP contribution in [0.1, 0.15) is 11.1 Å². The molecule has 0 radical (unpaired) electrons. The first-order chi connectivity index (χ1) is 11.7. The first-order valence-electron chi connectivity index (χ1n) is 7.17. The zero-order valence-electron chi connectivity index (χ0n) is 13.2. The topological polar surface area (TPSA) is 106 Å². The summed E-state index contributed by atoms with van der Waals surface area (Å²) in [6, 6.07) is 10.5. The number of nitro benzene ring substituents is 1. The maximum Gasteiger partial charge on any atom is 0.274 e. The summed E-state index contributed by atoms with van der Waals surface area (Å²) < 4.78 is 24.3. The monoisotopic (exact) mass is 382 g/mol. The molecule has 0 saturated carbocycles. The molecule has 1 N–H and O–H groups in total. The number of benzene rings is 2. The van der Waals surface area contributed by atoms with Crippen LogP contribution in [0, 0.1) is 17.0 Å². The molecule has 0 aromatic heterocycles. The van der Waals surface area contributed by atoms with Gasteiger partial charge in [-0.2, -0.15) is 0 Å². The maximum absolute atomic E-state index is 12.1. The van der Waals surface area contributed by atoms with Gasteiger partial charge in [0, 0.05) is 11.1 Å². The molecule has 0 aliphatic heterocycles. The second kappa shape index (κ2) is 7.62. The molecule has 0 saturated heterocycles. The number of nitro groups is 1. The molecule has 0 bridgehead atoms. The molecular formula is C16H15ClN2O5S. The van der Waals surface area contributed by atoms with Crippen molar-refractivity contribution in [1.82, 2.24) is 0 Å². The SMILES string of the molecule is Cc1c(NC(=O)CS(=O)(=O)Cc2ccc(Cl)cc2)cccc1[N+](=O)[O-]. The van der Waals surface area contributed by atoms with Gasteiger partial charge in [0.25, 0.3) is 5.69 Å². The van der Waals surface area contributed by atoms with E-state index < -0.39 is 26.4 Å². The first kappa shape index (κ1) is 18.9. The fourth-order valence-corrected chi connectivity index (χ4v) is 3.63. The number of anilines is 1. The number of carbonyl (C=O) groups is 1. The Morgan fingerprint density at radius 2 is 1.84 bits per heavy atom. The molecule has 0 spiro atoms. The third kappa shape index (κ3) is 5.27. The highest BCUT2D eigenvalue weighted by Crippen LogP contribution is 2.25. The molecule has 25 heavy (non-hydrogen) atoms. The summed E-state index contributed by atoms with van der Waals surface area (Å²) in [6.45, 7) is 1.48. The van der Waals surface area contributed by atoms with Crippen LogP contribution in [-0.2, 0) is 20.4 Å². The maximum atomic E-state index is 12.1. The van der Waals surface area contributed by atoms with Gasteiger partial charge in [0.05, 0.1) is 21.9 Å². The van der Waals surface area contributed by atoms with Gasteiger partial charge in [-0.25, -0.2) is 8.42 Å². The summed E-state index contributed by atoms with van der Waals surface area (Å²) >= 11 is 5.75. The van der Waals surface area contributed by atoms with Crippen molar-refractivity contribution in [2.24, 2.45) is 0 Å². The molecule has 7 nitrogen and oxygen atoms in total. The number of nitrogens with zero attached hydrogens (tertiary/aromatic N) is 1. The Morgan fingerprint density at radius 1 is 1.20 bits per heavy atom. The minimum absolute atomic E-state index is 0.151. The molecule has 1 amide bonds. The number of rotatable bonds is 6. The average Bonchev–Trinajstić information content (AvgIpc) is 2.50. The van der Waals surface area contributed by atoms with Gasteiger partial charge in [-0.15, -0.1) is 0 Å². The fraction of sp³-hybridized carbons (Fsp3) is 0.188. The van der Waals surface area contributed by atoms with Crippen molar-refractivity contribution in [3.05, 3.63) is 68.7 Å². The highest BCUT2D eigenvalue weighted by atomic mass is 35.5. The average molecular weight is 383 g/mol. The molecule has 9 heteroatoms. The quantitative estimate of drug-likeness (QED) is 0.610. The predicted octanol–water partition coefficient (Wildman–Crippen LogP) is 3.11. The molecule has 2 aromatic rings. The minimum Gasteiger partial charge on any atom is -0.325 e. The second-order valence-corrected chi connectivity index (χ2v) is 7.91. The number of carbonyl (C=O) groups excluding carboxylic acids is 1. The smallest absolute Gasteiger partial charge is 0.274 e. The van der Waals surface area contributed by atoms with Gasteiger partial charge in [0.2, 0.25) is 5.91 Å². The number of nitrogens with one attached hydrogen (secondary N) is 1. The van der Waals surface area contributed by atoms with Gasteiger partial charge in [-0.05, 0) is 30.7 Å². The van der Waals surface area contributed by atoms with Crippen molar-refractivity contribution in [3.8, 4) is 0 Å². The number of sulfone groups is 1. The molecule has 2 rings (SSSR count). The van der Waals surface area contributed by atoms with Crippen LogP contribution in [0.2, 0.25) is 5.02 Å². The lowest BCUT2D eigenvalue weighted by Crippen LogP contribution is -2.24. The van der Waals surface area contributed by atoms with E-state index in [1.165, 1.54) is 25.1 Å². The van der Waals surface area contributed by atoms with Crippen LogP contribution in [0.5, 0.6) is 0 Å². The van der Waals surface area contributed by atoms with Gasteiger partial charge in [-0.1, -0.05) is 29.8 Å². The van der Waals surface area contributed by atoms with E-state index in [4.69, 9.17) is 11.6 Å². The van der Waals surface area contributed by atoms with E-state index in [0.29, 0.717) is 10.6 Å². The molecule has 0 aliphatic rings. The van der Waals surface area contributed by atoms with Crippen molar-refractivity contribution < 1.29 is 18.1 Å².